The zero-order valence-corrected chi connectivity index (χ0v) is 12.2. The molecule has 1 saturated carbocycles. The van der Waals surface area contributed by atoms with Crippen LogP contribution in [-0.2, 0) is 13.1 Å². The summed E-state index contributed by atoms with van der Waals surface area (Å²) in [4.78, 5) is 16.3. The molecule has 110 valence electrons. The van der Waals surface area contributed by atoms with Gasteiger partial charge in [0.1, 0.15) is 10.0 Å². The first-order valence-electron chi connectivity index (χ1n) is 7.09. The van der Waals surface area contributed by atoms with Crippen molar-refractivity contribution in [3.63, 3.8) is 0 Å². The van der Waals surface area contributed by atoms with Gasteiger partial charge in [0.15, 0.2) is 0 Å². The normalized spacial score (nSPS) is 17.1. The van der Waals surface area contributed by atoms with E-state index >= 15 is 0 Å². The van der Waals surface area contributed by atoms with E-state index in [1.807, 2.05) is 0 Å². The summed E-state index contributed by atoms with van der Waals surface area (Å²) in [5.41, 5.74) is 0. The van der Waals surface area contributed by atoms with E-state index in [9.17, 15) is 4.79 Å². The van der Waals surface area contributed by atoms with Crippen molar-refractivity contribution in [3.8, 4) is 0 Å². The molecular weight excluding hydrogens is 290 g/mol. The molecule has 1 amide bonds. The predicted octanol–water partition coefficient (Wildman–Crippen LogP) is 0.753. The van der Waals surface area contributed by atoms with Crippen LogP contribution in [0.1, 0.15) is 45.8 Å². The first kappa shape index (κ1) is 12.7. The smallest absolute Gasteiger partial charge is 0.291 e. The summed E-state index contributed by atoms with van der Waals surface area (Å²) < 4.78 is 1.73. The Labute approximate surface area is 125 Å². The SMILES string of the molecule is O=C(NCc1nnc(C2CC2)s1)c1nc2n(n1)CCCN2. The number of amides is 1. The monoisotopic (exact) mass is 305 g/mol. The second kappa shape index (κ2) is 5.06. The molecule has 0 spiro atoms. The second-order valence-electron chi connectivity index (χ2n) is 5.25. The molecule has 0 saturated heterocycles. The summed E-state index contributed by atoms with van der Waals surface area (Å²) in [6.45, 7) is 2.04. The quantitative estimate of drug-likeness (QED) is 0.865. The number of hydrogen-bond acceptors (Lipinski definition) is 7. The molecular formula is C12H15N7OS. The van der Waals surface area contributed by atoms with Gasteiger partial charge in [0.25, 0.3) is 5.91 Å². The van der Waals surface area contributed by atoms with E-state index in [2.05, 4.69) is 30.9 Å². The minimum absolute atomic E-state index is 0.200. The molecule has 0 radical (unpaired) electrons. The van der Waals surface area contributed by atoms with Gasteiger partial charge in [0.05, 0.1) is 6.54 Å². The van der Waals surface area contributed by atoms with Gasteiger partial charge < -0.3 is 10.6 Å². The van der Waals surface area contributed by atoms with E-state index in [1.165, 1.54) is 12.8 Å². The maximum Gasteiger partial charge on any atom is 0.291 e. The highest BCUT2D eigenvalue weighted by Gasteiger charge is 2.27. The van der Waals surface area contributed by atoms with Crippen molar-refractivity contribution in [2.45, 2.75) is 38.3 Å². The number of aromatic nitrogens is 5. The maximum absolute atomic E-state index is 12.1. The predicted molar refractivity (Wildman–Crippen MR) is 76.2 cm³/mol. The molecule has 1 fully saturated rings. The van der Waals surface area contributed by atoms with Crippen LogP contribution in [0.4, 0.5) is 5.95 Å². The van der Waals surface area contributed by atoms with Crippen LogP contribution in [0.15, 0.2) is 0 Å². The summed E-state index contributed by atoms with van der Waals surface area (Å²) in [5, 5.41) is 20.3. The largest absolute Gasteiger partial charge is 0.354 e. The Kier molecular flexibility index (Phi) is 3.06. The Morgan fingerprint density at radius 3 is 3.14 bits per heavy atom. The molecule has 1 aliphatic carbocycles. The fourth-order valence-corrected chi connectivity index (χ4v) is 3.17. The number of fused-ring (bicyclic) bond motifs is 1. The second-order valence-corrected chi connectivity index (χ2v) is 6.35. The minimum atomic E-state index is -0.276. The number of aryl methyl sites for hydroxylation is 1. The topological polar surface area (TPSA) is 97.6 Å². The molecule has 0 unspecified atom stereocenters. The average Bonchev–Trinajstić information content (AvgIpc) is 3.09. The lowest BCUT2D eigenvalue weighted by Crippen LogP contribution is -2.24. The van der Waals surface area contributed by atoms with Crippen LogP contribution in [0.25, 0.3) is 0 Å². The van der Waals surface area contributed by atoms with Crippen LogP contribution in [0.5, 0.6) is 0 Å². The van der Waals surface area contributed by atoms with Crippen molar-refractivity contribution < 1.29 is 4.79 Å². The Bertz CT molecular complexity index is 651. The van der Waals surface area contributed by atoms with E-state index in [1.54, 1.807) is 16.0 Å². The fraction of sp³-hybridized carbons (Fsp3) is 0.583. The molecule has 0 aromatic carbocycles. The van der Waals surface area contributed by atoms with Gasteiger partial charge in [-0.05, 0) is 19.3 Å². The minimum Gasteiger partial charge on any atom is -0.354 e. The highest BCUT2D eigenvalue weighted by Crippen LogP contribution is 2.41. The zero-order chi connectivity index (χ0) is 14.2. The summed E-state index contributed by atoms with van der Waals surface area (Å²) in [5.74, 6) is 1.19. The van der Waals surface area contributed by atoms with Gasteiger partial charge in [0.2, 0.25) is 11.8 Å². The molecule has 2 aromatic rings. The van der Waals surface area contributed by atoms with Gasteiger partial charge in [-0.3, -0.25) is 4.79 Å². The third kappa shape index (κ3) is 2.60. The lowest BCUT2D eigenvalue weighted by Gasteiger charge is -2.12. The molecule has 2 N–H and O–H groups in total. The summed E-state index contributed by atoms with van der Waals surface area (Å²) in [6.07, 6.45) is 3.41. The van der Waals surface area contributed by atoms with Crippen molar-refractivity contribution in [3.05, 3.63) is 15.8 Å². The fourth-order valence-electron chi connectivity index (χ4n) is 2.22. The number of hydrogen-bond donors (Lipinski definition) is 2. The maximum atomic E-state index is 12.1. The molecule has 8 nitrogen and oxygen atoms in total. The highest BCUT2D eigenvalue weighted by atomic mass is 32.1. The van der Waals surface area contributed by atoms with Crippen LogP contribution in [0.2, 0.25) is 0 Å². The Hall–Kier alpha value is -2.03. The van der Waals surface area contributed by atoms with Crippen molar-refractivity contribution in [2.24, 2.45) is 0 Å². The van der Waals surface area contributed by atoms with E-state index < -0.39 is 0 Å². The molecule has 2 aliphatic rings. The molecule has 9 heteroatoms. The molecule has 3 heterocycles. The first-order chi connectivity index (χ1) is 10.3. The third-order valence-electron chi connectivity index (χ3n) is 3.51. The number of carbonyl (C=O) groups is 1. The van der Waals surface area contributed by atoms with E-state index in [0.717, 1.165) is 29.5 Å². The number of nitrogens with one attached hydrogen (secondary N) is 2. The van der Waals surface area contributed by atoms with Gasteiger partial charge in [0, 0.05) is 19.0 Å². The van der Waals surface area contributed by atoms with Crippen LogP contribution < -0.4 is 10.6 Å². The van der Waals surface area contributed by atoms with Gasteiger partial charge in [-0.25, -0.2) is 4.68 Å². The van der Waals surface area contributed by atoms with E-state index in [0.29, 0.717) is 18.4 Å². The van der Waals surface area contributed by atoms with E-state index in [4.69, 9.17) is 0 Å². The van der Waals surface area contributed by atoms with Crippen molar-refractivity contribution in [1.29, 1.82) is 0 Å². The van der Waals surface area contributed by atoms with Crippen molar-refractivity contribution in [1.82, 2.24) is 30.3 Å². The average molecular weight is 305 g/mol. The highest BCUT2D eigenvalue weighted by molar-refractivity contribution is 7.11. The van der Waals surface area contributed by atoms with Crippen LogP contribution in [0.3, 0.4) is 0 Å². The number of nitrogens with zero attached hydrogens (tertiary/aromatic N) is 5. The Morgan fingerprint density at radius 1 is 1.43 bits per heavy atom. The Balaban J connectivity index is 1.39. The standard InChI is InChI=1S/C12H15N7OS/c20-10(9-15-12-13-4-1-5-19(12)18-9)14-6-8-16-17-11(21-8)7-2-3-7/h7H,1-6H2,(H,14,20)(H,13,15,18). The summed E-state index contributed by atoms with van der Waals surface area (Å²) in [6, 6.07) is 0. The lowest BCUT2D eigenvalue weighted by molar-refractivity contribution is 0.0940. The molecule has 0 bridgehead atoms. The number of anilines is 1. The zero-order valence-electron chi connectivity index (χ0n) is 11.4. The van der Waals surface area contributed by atoms with Crippen LogP contribution in [0, 0.1) is 0 Å². The third-order valence-corrected chi connectivity index (χ3v) is 4.60. The molecule has 21 heavy (non-hydrogen) atoms. The van der Waals surface area contributed by atoms with Gasteiger partial charge >= 0.3 is 0 Å². The summed E-state index contributed by atoms with van der Waals surface area (Å²) >= 11 is 1.57. The molecule has 0 atom stereocenters. The first-order valence-corrected chi connectivity index (χ1v) is 7.90. The van der Waals surface area contributed by atoms with Gasteiger partial charge in [-0.15, -0.1) is 15.3 Å². The lowest BCUT2D eigenvalue weighted by atomic mass is 10.4. The van der Waals surface area contributed by atoms with Crippen LogP contribution >= 0.6 is 11.3 Å². The van der Waals surface area contributed by atoms with Crippen molar-refractivity contribution in [2.75, 3.05) is 11.9 Å². The molecule has 1 aliphatic heterocycles. The van der Waals surface area contributed by atoms with Crippen molar-refractivity contribution >= 4 is 23.2 Å². The van der Waals surface area contributed by atoms with E-state index in [-0.39, 0.29) is 11.7 Å². The molecule has 4 rings (SSSR count). The molecule has 2 aromatic heterocycles. The summed E-state index contributed by atoms with van der Waals surface area (Å²) in [7, 11) is 0. The number of carbonyl (C=O) groups excluding carboxylic acids is 1. The van der Waals surface area contributed by atoms with Gasteiger partial charge in [-0.2, -0.15) is 4.98 Å². The Morgan fingerprint density at radius 2 is 2.33 bits per heavy atom. The number of rotatable bonds is 4. The van der Waals surface area contributed by atoms with Crippen LogP contribution in [-0.4, -0.2) is 37.4 Å². The van der Waals surface area contributed by atoms with Gasteiger partial charge in [-0.1, -0.05) is 11.3 Å².